The average Bonchev–Trinajstić information content (AvgIpc) is 2.58. The first-order valence-corrected chi connectivity index (χ1v) is 9.79. The minimum absolute atomic E-state index is 0.0228. The molecular weight excluding hydrogens is 364 g/mol. The number of rotatable bonds is 5. The number of piperidine rings is 2. The maximum atomic E-state index is 12.2. The highest BCUT2D eigenvalue weighted by Crippen LogP contribution is 2.48. The lowest BCUT2D eigenvalue weighted by molar-refractivity contribution is -1.20. The average molecular weight is 392 g/mol. The maximum Gasteiger partial charge on any atom is 0.329 e. The Hall–Kier alpha value is -2.26. The van der Waals surface area contributed by atoms with Gasteiger partial charge in [-0.05, 0) is 52.0 Å². The van der Waals surface area contributed by atoms with Gasteiger partial charge in [0.15, 0.2) is 26.2 Å². The van der Waals surface area contributed by atoms with E-state index in [1.54, 1.807) is 13.8 Å². The fourth-order valence-corrected chi connectivity index (χ4v) is 5.96. The Bertz CT molecular complexity index is 770. The number of nitro groups is 2. The Kier molecular flexibility index (Phi) is 4.00. The number of nitrogens with zero attached hydrogens (tertiary/aromatic N) is 2. The number of hydrogen-bond donors (Lipinski definition) is 2. The largest absolute Gasteiger partial charge is 0.491 e. The number of hydrogen-bond acceptors (Lipinski definition) is 5. The lowest BCUT2D eigenvalue weighted by Gasteiger charge is -2.60. The van der Waals surface area contributed by atoms with E-state index < -0.39 is 16.5 Å². The molecule has 4 bridgehead atoms. The SMILES string of the molecule is CC(C)Oc1ccc(C2[NH+]3CC4([N+](=O)[O-])C[NH+]2CC([N+](=O)[O-])(C3)C4(C)C)cc1. The first kappa shape index (κ1) is 19.1. The summed E-state index contributed by atoms with van der Waals surface area (Å²) in [5.41, 5.74) is -2.51. The lowest BCUT2D eigenvalue weighted by atomic mass is 9.53. The van der Waals surface area contributed by atoms with Crippen LogP contribution in [-0.4, -0.2) is 53.2 Å². The van der Waals surface area contributed by atoms with Crippen LogP contribution in [-0.2, 0) is 0 Å². The zero-order chi connectivity index (χ0) is 20.5. The zero-order valence-corrected chi connectivity index (χ0v) is 16.7. The van der Waals surface area contributed by atoms with Gasteiger partial charge >= 0.3 is 11.1 Å². The van der Waals surface area contributed by atoms with Crippen molar-refractivity contribution in [2.24, 2.45) is 5.41 Å². The molecule has 4 saturated heterocycles. The highest BCUT2D eigenvalue weighted by atomic mass is 16.6. The smallest absolute Gasteiger partial charge is 0.329 e. The van der Waals surface area contributed by atoms with E-state index in [9.17, 15) is 20.2 Å². The van der Waals surface area contributed by atoms with Crippen LogP contribution >= 0.6 is 0 Å². The Balaban J connectivity index is 1.72. The van der Waals surface area contributed by atoms with E-state index in [4.69, 9.17) is 4.74 Å². The fraction of sp³-hybridized carbons (Fsp3) is 0.684. The van der Waals surface area contributed by atoms with Crippen LogP contribution in [0.15, 0.2) is 24.3 Å². The minimum Gasteiger partial charge on any atom is -0.491 e. The molecule has 5 rings (SSSR count). The standard InChI is InChI=1S/C19H26N4O5/c1-13(2)28-15-7-5-14(6-8-15)16-20-9-18(22(24)25)10-21(16)12-19(11-20,23(26)27)17(18,3)4/h5-8,13,16H,9-12H2,1-4H3/p+2. The van der Waals surface area contributed by atoms with E-state index in [1.165, 1.54) is 0 Å². The summed E-state index contributed by atoms with van der Waals surface area (Å²) >= 11 is 0. The molecule has 28 heavy (non-hydrogen) atoms. The molecule has 4 heterocycles. The number of quaternary nitrogens is 2. The zero-order valence-electron chi connectivity index (χ0n) is 16.7. The number of nitrogens with one attached hydrogen (secondary N) is 2. The van der Waals surface area contributed by atoms with Crippen LogP contribution in [0, 0.1) is 25.6 Å². The Labute approximate surface area is 163 Å². The lowest BCUT2D eigenvalue weighted by Crippen LogP contribution is -3.43. The van der Waals surface area contributed by atoms with Crippen molar-refractivity contribution in [3.8, 4) is 5.75 Å². The molecule has 0 saturated carbocycles. The highest BCUT2D eigenvalue weighted by Gasteiger charge is 2.87. The monoisotopic (exact) mass is 392 g/mol. The van der Waals surface area contributed by atoms with Crippen molar-refractivity contribution in [3.63, 3.8) is 0 Å². The molecule has 0 atom stereocenters. The summed E-state index contributed by atoms with van der Waals surface area (Å²) < 4.78 is 5.70. The quantitative estimate of drug-likeness (QED) is 0.511. The van der Waals surface area contributed by atoms with Crippen molar-refractivity contribution in [1.29, 1.82) is 0 Å². The second-order valence-corrected chi connectivity index (χ2v) is 9.39. The van der Waals surface area contributed by atoms with Crippen LogP contribution in [0.4, 0.5) is 0 Å². The molecule has 4 aliphatic rings. The van der Waals surface area contributed by atoms with Crippen molar-refractivity contribution in [2.75, 3.05) is 26.2 Å². The van der Waals surface area contributed by atoms with Crippen molar-refractivity contribution < 1.29 is 24.4 Å². The van der Waals surface area contributed by atoms with Crippen molar-refractivity contribution in [2.45, 2.75) is 51.0 Å². The molecule has 0 radical (unpaired) electrons. The molecule has 4 aliphatic heterocycles. The molecule has 0 aromatic heterocycles. The Morgan fingerprint density at radius 3 is 1.75 bits per heavy atom. The molecule has 0 unspecified atom stereocenters. The first-order valence-electron chi connectivity index (χ1n) is 9.79. The van der Waals surface area contributed by atoms with Crippen LogP contribution in [0.25, 0.3) is 0 Å². The predicted octanol–water partition coefficient (Wildman–Crippen LogP) is -0.660. The van der Waals surface area contributed by atoms with Crippen molar-refractivity contribution >= 4 is 0 Å². The van der Waals surface area contributed by atoms with E-state index in [1.807, 2.05) is 38.1 Å². The van der Waals surface area contributed by atoms with Gasteiger partial charge in [-0.25, -0.2) is 0 Å². The second-order valence-electron chi connectivity index (χ2n) is 9.39. The molecule has 1 aromatic carbocycles. The van der Waals surface area contributed by atoms with Gasteiger partial charge in [0.25, 0.3) is 0 Å². The van der Waals surface area contributed by atoms with Crippen LogP contribution < -0.4 is 14.5 Å². The van der Waals surface area contributed by atoms with Crippen molar-refractivity contribution in [1.82, 2.24) is 0 Å². The summed E-state index contributed by atoms with van der Waals surface area (Å²) in [6.45, 7) is 8.67. The molecule has 0 aliphatic carbocycles. The predicted molar refractivity (Wildman–Crippen MR) is 99.6 cm³/mol. The molecule has 9 heteroatoms. The normalized spacial score (nSPS) is 37.8. The molecule has 0 amide bonds. The number of benzene rings is 1. The third kappa shape index (κ3) is 2.26. The number of ether oxygens (including phenoxy) is 1. The third-order valence-electron chi connectivity index (χ3n) is 7.51. The minimum atomic E-state index is -1.28. The van der Waals surface area contributed by atoms with Crippen molar-refractivity contribution in [3.05, 3.63) is 50.1 Å². The van der Waals surface area contributed by atoms with Gasteiger partial charge in [-0.15, -0.1) is 0 Å². The van der Waals surface area contributed by atoms with E-state index in [-0.39, 0.29) is 22.1 Å². The van der Waals surface area contributed by atoms with Gasteiger partial charge in [-0.2, -0.15) is 0 Å². The van der Waals surface area contributed by atoms with Gasteiger partial charge in [0.1, 0.15) is 11.2 Å². The highest BCUT2D eigenvalue weighted by molar-refractivity contribution is 5.28. The van der Waals surface area contributed by atoms with Gasteiger partial charge < -0.3 is 4.74 Å². The van der Waals surface area contributed by atoms with Gasteiger partial charge in [0, 0.05) is 9.85 Å². The first-order chi connectivity index (χ1) is 13.0. The molecule has 152 valence electrons. The topological polar surface area (TPSA) is 104 Å². The summed E-state index contributed by atoms with van der Waals surface area (Å²) in [6, 6.07) is 7.82. The van der Waals surface area contributed by atoms with Gasteiger partial charge in [-0.3, -0.25) is 30.0 Å². The third-order valence-corrected chi connectivity index (χ3v) is 7.51. The maximum absolute atomic E-state index is 12.2. The molecule has 4 fully saturated rings. The molecule has 0 spiro atoms. The van der Waals surface area contributed by atoms with E-state index in [0.29, 0.717) is 26.2 Å². The molecule has 1 aromatic rings. The molecule has 9 nitrogen and oxygen atoms in total. The second kappa shape index (κ2) is 5.87. The van der Waals surface area contributed by atoms with Gasteiger partial charge in [0.05, 0.1) is 11.7 Å². The Morgan fingerprint density at radius 2 is 1.39 bits per heavy atom. The summed E-state index contributed by atoms with van der Waals surface area (Å²) in [5, 5.41) is 24.3. The molecule has 2 N–H and O–H groups in total. The Morgan fingerprint density at radius 1 is 0.964 bits per heavy atom. The van der Waals surface area contributed by atoms with Crippen LogP contribution in [0.3, 0.4) is 0 Å². The van der Waals surface area contributed by atoms with E-state index in [0.717, 1.165) is 21.1 Å². The van der Waals surface area contributed by atoms with Crippen LogP contribution in [0.5, 0.6) is 5.75 Å². The summed E-state index contributed by atoms with van der Waals surface area (Å²) in [7, 11) is 0. The van der Waals surface area contributed by atoms with Crippen LogP contribution in [0.1, 0.15) is 39.4 Å². The van der Waals surface area contributed by atoms with Gasteiger partial charge in [0.2, 0.25) is 6.17 Å². The van der Waals surface area contributed by atoms with Gasteiger partial charge in [-0.1, -0.05) is 0 Å². The summed E-state index contributed by atoms with van der Waals surface area (Å²) in [6.07, 6.45) is 0.0586. The molecular formula is C19H28N4O5+2. The fourth-order valence-electron chi connectivity index (χ4n) is 5.96. The van der Waals surface area contributed by atoms with Crippen LogP contribution in [0.2, 0.25) is 0 Å². The van der Waals surface area contributed by atoms with E-state index >= 15 is 0 Å². The summed E-state index contributed by atoms with van der Waals surface area (Å²) in [5.74, 6) is 0.780. The summed E-state index contributed by atoms with van der Waals surface area (Å²) in [4.78, 5) is 25.7. The van der Waals surface area contributed by atoms with E-state index in [2.05, 4.69) is 0 Å².